The molecule has 0 aliphatic carbocycles. The van der Waals surface area contributed by atoms with E-state index in [1.807, 2.05) is 24.3 Å². The molecule has 9 heteroatoms. The number of ether oxygens (including phenoxy) is 1. The lowest BCUT2D eigenvalue weighted by molar-refractivity contribution is -0.121. The molecule has 0 aliphatic heterocycles. The van der Waals surface area contributed by atoms with Crippen molar-refractivity contribution in [3.63, 3.8) is 0 Å². The van der Waals surface area contributed by atoms with Gasteiger partial charge in [-0.1, -0.05) is 32.0 Å². The highest BCUT2D eigenvalue weighted by Gasteiger charge is 2.14. The number of carbonyl (C=O) groups is 1. The normalized spacial score (nSPS) is 11.5. The lowest BCUT2D eigenvalue weighted by Crippen LogP contribution is -2.30. The molecule has 0 saturated heterocycles. The molecule has 0 atom stereocenters. The molecular formula is C22H30FN3O4S. The zero-order valence-corrected chi connectivity index (χ0v) is 18.8. The van der Waals surface area contributed by atoms with Crippen molar-refractivity contribution < 1.29 is 22.3 Å². The molecule has 0 aliphatic rings. The average Bonchev–Trinajstić information content (AvgIpc) is 2.76. The first kappa shape index (κ1) is 24.8. The summed E-state index contributed by atoms with van der Waals surface area (Å²) in [5.74, 6) is -0.0950. The van der Waals surface area contributed by atoms with Crippen molar-refractivity contribution in [3.05, 3.63) is 59.9 Å². The smallest absolute Gasteiger partial charge is 0.240 e. The minimum absolute atomic E-state index is 0.0224. The van der Waals surface area contributed by atoms with E-state index in [2.05, 4.69) is 28.8 Å². The largest absolute Gasteiger partial charge is 0.492 e. The van der Waals surface area contributed by atoms with Crippen molar-refractivity contribution in [2.24, 2.45) is 0 Å². The van der Waals surface area contributed by atoms with Gasteiger partial charge in [-0.05, 0) is 43.4 Å². The molecule has 1 amide bonds. The van der Waals surface area contributed by atoms with E-state index in [4.69, 9.17) is 4.74 Å². The number of sulfonamides is 1. The highest BCUT2D eigenvalue weighted by atomic mass is 32.2. The molecule has 170 valence electrons. The molecule has 0 spiro atoms. The second-order valence-electron chi connectivity index (χ2n) is 6.86. The Morgan fingerprint density at radius 2 is 1.74 bits per heavy atom. The number of likely N-dealkylation sites (N-methyl/N-ethyl adjacent to an activating group) is 1. The van der Waals surface area contributed by atoms with E-state index in [-0.39, 0.29) is 30.3 Å². The first-order valence-corrected chi connectivity index (χ1v) is 11.8. The van der Waals surface area contributed by atoms with E-state index < -0.39 is 15.8 Å². The Balaban J connectivity index is 1.79. The molecule has 2 N–H and O–H groups in total. The SMILES string of the molecule is CCN(CC)CCOc1ccccc1CNC(=O)CCNS(=O)(=O)c1ccc(F)cc1. The number of para-hydroxylation sites is 1. The van der Waals surface area contributed by atoms with E-state index in [0.717, 1.165) is 37.3 Å². The van der Waals surface area contributed by atoms with Crippen molar-refractivity contribution in [2.75, 3.05) is 32.8 Å². The van der Waals surface area contributed by atoms with Crippen LogP contribution < -0.4 is 14.8 Å². The molecule has 0 radical (unpaired) electrons. The van der Waals surface area contributed by atoms with Gasteiger partial charge in [0.25, 0.3) is 0 Å². The van der Waals surface area contributed by atoms with Gasteiger partial charge in [-0.2, -0.15) is 0 Å². The molecule has 0 bridgehead atoms. The Labute approximate surface area is 183 Å². The number of nitrogens with zero attached hydrogens (tertiary/aromatic N) is 1. The molecule has 2 rings (SSSR count). The van der Waals surface area contributed by atoms with Gasteiger partial charge in [-0.15, -0.1) is 0 Å². The van der Waals surface area contributed by atoms with Gasteiger partial charge in [-0.3, -0.25) is 4.79 Å². The molecule has 7 nitrogen and oxygen atoms in total. The predicted octanol–water partition coefficient (Wildman–Crippen LogP) is 2.53. The Morgan fingerprint density at radius 3 is 2.42 bits per heavy atom. The van der Waals surface area contributed by atoms with E-state index in [1.165, 1.54) is 12.1 Å². The van der Waals surface area contributed by atoms with Crippen molar-refractivity contribution in [1.82, 2.24) is 14.9 Å². The minimum atomic E-state index is -3.79. The van der Waals surface area contributed by atoms with Crippen molar-refractivity contribution >= 4 is 15.9 Å². The third-order valence-corrected chi connectivity index (χ3v) is 6.25. The first-order chi connectivity index (χ1) is 14.9. The van der Waals surface area contributed by atoms with Crippen molar-refractivity contribution in [1.29, 1.82) is 0 Å². The van der Waals surface area contributed by atoms with Crippen LogP contribution in [0.2, 0.25) is 0 Å². The predicted molar refractivity (Wildman–Crippen MR) is 118 cm³/mol. The number of halogens is 1. The van der Waals surface area contributed by atoms with Crippen molar-refractivity contribution in [3.8, 4) is 5.75 Å². The fourth-order valence-electron chi connectivity index (χ4n) is 2.89. The van der Waals surface area contributed by atoms with Crippen LogP contribution in [0.3, 0.4) is 0 Å². The lowest BCUT2D eigenvalue weighted by Gasteiger charge is -2.19. The van der Waals surface area contributed by atoms with Crippen LogP contribution in [0.1, 0.15) is 25.8 Å². The van der Waals surface area contributed by atoms with Gasteiger partial charge in [0, 0.05) is 31.6 Å². The van der Waals surface area contributed by atoms with Gasteiger partial charge < -0.3 is 15.0 Å². The maximum Gasteiger partial charge on any atom is 0.240 e. The zero-order chi connectivity index (χ0) is 22.7. The Morgan fingerprint density at radius 1 is 1.06 bits per heavy atom. The second-order valence-corrected chi connectivity index (χ2v) is 8.63. The third-order valence-electron chi connectivity index (χ3n) is 4.78. The maximum atomic E-state index is 12.9. The standard InChI is InChI=1S/C22H30FN3O4S/c1-3-26(4-2)15-16-30-21-8-6-5-7-18(21)17-24-22(27)13-14-25-31(28,29)20-11-9-19(23)10-12-20/h5-12,25H,3-4,13-17H2,1-2H3,(H,24,27). The van der Waals surface area contributed by atoms with E-state index >= 15 is 0 Å². The summed E-state index contributed by atoms with van der Waals surface area (Å²) in [6, 6.07) is 12.0. The van der Waals surface area contributed by atoms with Crippen LogP contribution in [0, 0.1) is 5.82 Å². The van der Waals surface area contributed by atoms with E-state index in [0.29, 0.717) is 12.4 Å². The summed E-state index contributed by atoms with van der Waals surface area (Å²) in [6.45, 7) is 7.72. The number of amides is 1. The van der Waals surface area contributed by atoms with E-state index in [1.54, 1.807) is 0 Å². The van der Waals surface area contributed by atoms with Gasteiger partial charge in [0.15, 0.2) is 0 Å². The van der Waals surface area contributed by atoms with Crippen LogP contribution in [0.25, 0.3) is 0 Å². The Bertz CT molecular complexity index is 932. The van der Waals surface area contributed by atoms with Gasteiger partial charge >= 0.3 is 0 Å². The summed E-state index contributed by atoms with van der Waals surface area (Å²) >= 11 is 0. The monoisotopic (exact) mass is 451 g/mol. The van der Waals surface area contributed by atoms with Gasteiger partial charge in [0.1, 0.15) is 18.2 Å². The molecule has 2 aromatic rings. The fraction of sp³-hybridized carbons (Fsp3) is 0.409. The number of rotatable bonds is 13. The Kier molecular flexibility index (Phi) is 9.90. The number of hydrogen-bond donors (Lipinski definition) is 2. The average molecular weight is 452 g/mol. The van der Waals surface area contributed by atoms with Gasteiger partial charge in [0.05, 0.1) is 4.90 Å². The van der Waals surface area contributed by atoms with E-state index in [9.17, 15) is 17.6 Å². The van der Waals surface area contributed by atoms with Gasteiger partial charge in [-0.25, -0.2) is 17.5 Å². The molecule has 0 fully saturated rings. The maximum absolute atomic E-state index is 12.9. The summed E-state index contributed by atoms with van der Waals surface area (Å²) in [7, 11) is -3.79. The van der Waals surface area contributed by atoms with Crippen molar-refractivity contribution in [2.45, 2.75) is 31.7 Å². The van der Waals surface area contributed by atoms with Crippen LogP contribution in [0.5, 0.6) is 5.75 Å². The number of carbonyl (C=O) groups excluding carboxylic acids is 1. The summed E-state index contributed by atoms with van der Waals surface area (Å²) < 4.78 is 45.5. The highest BCUT2D eigenvalue weighted by Crippen LogP contribution is 2.17. The molecule has 0 aromatic heterocycles. The molecular weight excluding hydrogens is 421 g/mol. The molecule has 2 aromatic carbocycles. The quantitative estimate of drug-likeness (QED) is 0.489. The number of nitrogens with one attached hydrogen (secondary N) is 2. The van der Waals surface area contributed by atoms with Crippen LogP contribution in [-0.2, 0) is 21.4 Å². The third kappa shape index (κ3) is 8.28. The Hall–Kier alpha value is -2.49. The minimum Gasteiger partial charge on any atom is -0.492 e. The highest BCUT2D eigenvalue weighted by molar-refractivity contribution is 7.89. The first-order valence-electron chi connectivity index (χ1n) is 10.3. The summed E-state index contributed by atoms with van der Waals surface area (Å²) in [6.07, 6.45) is -0.0224. The second kappa shape index (κ2) is 12.4. The zero-order valence-electron chi connectivity index (χ0n) is 17.9. The molecule has 0 unspecified atom stereocenters. The van der Waals surface area contributed by atoms with Gasteiger partial charge in [0.2, 0.25) is 15.9 Å². The van der Waals surface area contributed by atoms with Crippen LogP contribution in [0.4, 0.5) is 4.39 Å². The summed E-state index contributed by atoms with van der Waals surface area (Å²) in [5, 5.41) is 2.78. The molecule has 0 heterocycles. The fourth-order valence-corrected chi connectivity index (χ4v) is 3.93. The molecule has 31 heavy (non-hydrogen) atoms. The van der Waals surface area contributed by atoms with Crippen LogP contribution in [-0.4, -0.2) is 52.0 Å². The van der Waals surface area contributed by atoms with Crippen LogP contribution >= 0.6 is 0 Å². The number of benzene rings is 2. The number of hydrogen-bond acceptors (Lipinski definition) is 5. The molecule has 0 saturated carbocycles. The summed E-state index contributed by atoms with van der Waals surface area (Å²) in [4.78, 5) is 14.3. The topological polar surface area (TPSA) is 87.7 Å². The lowest BCUT2D eigenvalue weighted by atomic mass is 10.2. The van der Waals surface area contributed by atoms with Crippen LogP contribution in [0.15, 0.2) is 53.4 Å². The summed E-state index contributed by atoms with van der Waals surface area (Å²) in [5.41, 5.74) is 0.849.